The highest BCUT2D eigenvalue weighted by Crippen LogP contribution is 2.36. The molecular formula is C23H15O2. The molecule has 0 saturated carbocycles. The molecule has 0 aliphatic carbocycles. The van der Waals surface area contributed by atoms with Crippen molar-refractivity contribution < 1.29 is 9.53 Å². The van der Waals surface area contributed by atoms with Crippen molar-refractivity contribution in [2.45, 2.75) is 0 Å². The van der Waals surface area contributed by atoms with E-state index in [2.05, 4.69) is 12.1 Å². The van der Waals surface area contributed by atoms with Gasteiger partial charge in [-0.25, -0.2) is 0 Å². The van der Waals surface area contributed by atoms with Crippen LogP contribution in [0.2, 0.25) is 0 Å². The molecule has 0 fully saturated rings. The number of carbonyl (C=O) groups excluding carboxylic acids is 1. The van der Waals surface area contributed by atoms with Crippen molar-refractivity contribution in [3.05, 3.63) is 96.6 Å². The second kappa shape index (κ2) is 6.62. The molecule has 0 atom stereocenters. The van der Waals surface area contributed by atoms with Gasteiger partial charge in [-0.15, -0.1) is 0 Å². The van der Waals surface area contributed by atoms with Crippen LogP contribution in [0.4, 0.5) is 0 Å². The molecule has 2 nitrogen and oxygen atoms in total. The summed E-state index contributed by atoms with van der Waals surface area (Å²) in [5.41, 5.74) is 2.21. The molecule has 4 aromatic rings. The zero-order chi connectivity index (χ0) is 17.1. The molecule has 0 aliphatic heterocycles. The summed E-state index contributed by atoms with van der Waals surface area (Å²) in [4.78, 5) is 11.3. The lowest BCUT2D eigenvalue weighted by molar-refractivity contribution is 0.490. The highest BCUT2D eigenvalue weighted by atomic mass is 16.5. The summed E-state index contributed by atoms with van der Waals surface area (Å²) in [6.07, 6.45) is 2.01. The number of para-hydroxylation sites is 1. The second-order valence-corrected chi connectivity index (χ2v) is 5.72. The van der Waals surface area contributed by atoms with Gasteiger partial charge in [-0.2, -0.15) is 0 Å². The SMILES string of the molecule is O=[C]c1ccccc1-c1ccccc1Oc1cccc2ccccc12. The molecule has 0 aliphatic rings. The lowest BCUT2D eigenvalue weighted by Gasteiger charge is -2.14. The van der Waals surface area contributed by atoms with Crippen molar-refractivity contribution in [3.63, 3.8) is 0 Å². The Morgan fingerprint density at radius 3 is 2.12 bits per heavy atom. The molecule has 0 unspecified atom stereocenters. The molecular weight excluding hydrogens is 308 g/mol. The highest BCUT2D eigenvalue weighted by molar-refractivity contribution is 5.91. The van der Waals surface area contributed by atoms with Gasteiger partial charge >= 0.3 is 0 Å². The average Bonchev–Trinajstić information content (AvgIpc) is 2.69. The molecule has 0 amide bonds. The minimum atomic E-state index is 0.525. The van der Waals surface area contributed by atoms with Gasteiger partial charge in [-0.05, 0) is 23.1 Å². The third-order valence-corrected chi connectivity index (χ3v) is 4.18. The number of hydrogen-bond donors (Lipinski definition) is 0. The molecule has 0 spiro atoms. The molecule has 0 bridgehead atoms. The molecule has 0 N–H and O–H groups in total. The van der Waals surface area contributed by atoms with Crippen LogP contribution in [0.5, 0.6) is 11.5 Å². The van der Waals surface area contributed by atoms with Gasteiger partial charge in [0, 0.05) is 16.5 Å². The van der Waals surface area contributed by atoms with E-state index >= 15 is 0 Å². The van der Waals surface area contributed by atoms with Crippen LogP contribution >= 0.6 is 0 Å². The van der Waals surface area contributed by atoms with Crippen LogP contribution in [-0.4, -0.2) is 6.29 Å². The van der Waals surface area contributed by atoms with Gasteiger partial charge in [0.05, 0.1) is 0 Å². The van der Waals surface area contributed by atoms with Crippen molar-refractivity contribution in [1.29, 1.82) is 0 Å². The average molecular weight is 323 g/mol. The van der Waals surface area contributed by atoms with Crippen LogP contribution in [0, 0.1) is 0 Å². The van der Waals surface area contributed by atoms with Crippen molar-refractivity contribution in [2.24, 2.45) is 0 Å². The summed E-state index contributed by atoms with van der Waals surface area (Å²) in [5, 5.41) is 2.18. The van der Waals surface area contributed by atoms with Crippen molar-refractivity contribution in [3.8, 4) is 22.6 Å². The predicted octanol–water partition coefficient (Wildman–Crippen LogP) is 5.76. The van der Waals surface area contributed by atoms with Crippen LogP contribution in [0.15, 0.2) is 91.0 Å². The lowest BCUT2D eigenvalue weighted by atomic mass is 9.99. The number of ether oxygens (including phenoxy) is 1. The summed E-state index contributed by atoms with van der Waals surface area (Å²) in [7, 11) is 0. The molecule has 119 valence electrons. The van der Waals surface area contributed by atoms with Crippen molar-refractivity contribution in [1.82, 2.24) is 0 Å². The van der Waals surface area contributed by atoms with Gasteiger partial charge in [0.2, 0.25) is 6.29 Å². The van der Waals surface area contributed by atoms with E-state index in [0.29, 0.717) is 11.3 Å². The Labute approximate surface area is 146 Å². The molecule has 0 aromatic heterocycles. The quantitative estimate of drug-likeness (QED) is 0.477. The third-order valence-electron chi connectivity index (χ3n) is 4.18. The Balaban J connectivity index is 1.83. The van der Waals surface area contributed by atoms with E-state index in [1.165, 1.54) is 0 Å². The maximum Gasteiger partial charge on any atom is 0.234 e. The van der Waals surface area contributed by atoms with Crippen LogP contribution < -0.4 is 4.74 Å². The van der Waals surface area contributed by atoms with Gasteiger partial charge < -0.3 is 4.74 Å². The fourth-order valence-electron chi connectivity index (χ4n) is 2.99. The molecule has 0 heterocycles. The third kappa shape index (κ3) is 2.90. The van der Waals surface area contributed by atoms with Crippen molar-refractivity contribution in [2.75, 3.05) is 0 Å². The van der Waals surface area contributed by atoms with Gasteiger partial charge in [0.25, 0.3) is 0 Å². The number of rotatable bonds is 4. The Kier molecular flexibility index (Phi) is 4.01. The summed E-state index contributed by atoms with van der Waals surface area (Å²) in [6.45, 7) is 0. The predicted molar refractivity (Wildman–Crippen MR) is 101 cm³/mol. The topological polar surface area (TPSA) is 26.3 Å². The number of fused-ring (bicyclic) bond motifs is 1. The fraction of sp³-hybridized carbons (Fsp3) is 0. The second-order valence-electron chi connectivity index (χ2n) is 5.72. The molecule has 25 heavy (non-hydrogen) atoms. The first-order valence-electron chi connectivity index (χ1n) is 8.09. The normalized spacial score (nSPS) is 10.6. The largest absolute Gasteiger partial charge is 0.456 e. The summed E-state index contributed by atoms with van der Waals surface area (Å²) in [5.74, 6) is 1.50. The Hall–Kier alpha value is -3.39. The van der Waals surface area contributed by atoms with Crippen LogP contribution in [-0.2, 0) is 4.79 Å². The van der Waals surface area contributed by atoms with Crippen LogP contribution in [0.1, 0.15) is 5.56 Å². The Morgan fingerprint density at radius 1 is 0.600 bits per heavy atom. The maximum absolute atomic E-state index is 11.3. The number of benzene rings is 4. The minimum Gasteiger partial charge on any atom is -0.456 e. The molecule has 1 radical (unpaired) electrons. The van der Waals surface area contributed by atoms with E-state index in [0.717, 1.165) is 27.6 Å². The van der Waals surface area contributed by atoms with Gasteiger partial charge in [0.15, 0.2) is 0 Å². The summed E-state index contributed by atoms with van der Waals surface area (Å²) in [6, 6.07) is 29.2. The highest BCUT2D eigenvalue weighted by Gasteiger charge is 2.12. The molecule has 2 heteroatoms. The first-order chi connectivity index (χ1) is 12.4. The first-order valence-corrected chi connectivity index (χ1v) is 8.09. The van der Waals surface area contributed by atoms with Gasteiger partial charge in [-0.1, -0.05) is 78.9 Å². The molecule has 4 aromatic carbocycles. The summed E-state index contributed by atoms with van der Waals surface area (Å²) >= 11 is 0. The van der Waals surface area contributed by atoms with E-state index in [-0.39, 0.29) is 0 Å². The Morgan fingerprint density at radius 2 is 1.24 bits per heavy atom. The zero-order valence-electron chi connectivity index (χ0n) is 13.5. The Bertz CT molecular complexity index is 1050. The van der Waals surface area contributed by atoms with Crippen molar-refractivity contribution >= 4 is 17.1 Å². The number of hydrogen-bond acceptors (Lipinski definition) is 2. The maximum atomic E-state index is 11.3. The van der Waals surface area contributed by atoms with E-state index in [1.807, 2.05) is 79.1 Å². The van der Waals surface area contributed by atoms with E-state index in [1.54, 1.807) is 6.07 Å². The standard InChI is InChI=1S/C23H15O2/c24-16-18-9-2-3-11-19(18)21-13-5-6-14-23(21)25-22-15-7-10-17-8-1-4-12-20(17)22/h1-15H. The minimum absolute atomic E-state index is 0.525. The lowest BCUT2D eigenvalue weighted by Crippen LogP contribution is -1.92. The van der Waals surface area contributed by atoms with E-state index in [4.69, 9.17) is 4.74 Å². The van der Waals surface area contributed by atoms with Gasteiger partial charge in [0.1, 0.15) is 11.5 Å². The zero-order valence-corrected chi connectivity index (χ0v) is 13.5. The van der Waals surface area contributed by atoms with E-state index < -0.39 is 0 Å². The van der Waals surface area contributed by atoms with Gasteiger partial charge in [-0.3, -0.25) is 4.79 Å². The van der Waals surface area contributed by atoms with E-state index in [9.17, 15) is 4.79 Å². The first kappa shape index (κ1) is 15.2. The fourth-order valence-corrected chi connectivity index (χ4v) is 2.99. The van der Waals surface area contributed by atoms with Crippen LogP contribution in [0.3, 0.4) is 0 Å². The summed E-state index contributed by atoms with van der Waals surface area (Å²) < 4.78 is 6.25. The molecule has 4 rings (SSSR count). The monoisotopic (exact) mass is 323 g/mol. The van der Waals surface area contributed by atoms with Crippen LogP contribution in [0.25, 0.3) is 21.9 Å². The molecule has 0 saturated heterocycles. The smallest absolute Gasteiger partial charge is 0.234 e.